The molecule has 0 unspecified atom stereocenters. The van der Waals surface area contributed by atoms with Gasteiger partial charge in [0.15, 0.2) is 0 Å². The zero-order valence-corrected chi connectivity index (χ0v) is 24.6. The van der Waals surface area contributed by atoms with Crippen LogP contribution in [0.2, 0.25) is 0 Å². The van der Waals surface area contributed by atoms with E-state index < -0.39 is 60.9 Å². The number of nitro benzene ring substituents is 4. The number of non-ortho nitro benzene ring substituents is 4. The van der Waals surface area contributed by atoms with Crippen LogP contribution in [0.4, 0.5) is 22.7 Å². The Morgan fingerprint density at radius 2 is 0.857 bits per heavy atom. The largest absolute Gasteiger partial charge is 0.392 e. The maximum atomic E-state index is 12.3. The molecular weight excluding hydrogens is 652 g/mol. The lowest BCUT2D eigenvalue weighted by molar-refractivity contribution is -0.394. The highest BCUT2D eigenvalue weighted by molar-refractivity contribution is 6.22. The Kier molecular flexibility index (Phi) is 10.2. The molecule has 0 spiro atoms. The zero-order valence-electron chi connectivity index (χ0n) is 24.6. The molecule has 4 aromatic carbocycles. The van der Waals surface area contributed by atoms with Crippen LogP contribution in [0.1, 0.15) is 52.6 Å². The molecule has 2 aliphatic heterocycles. The second-order valence-corrected chi connectivity index (χ2v) is 9.97. The van der Waals surface area contributed by atoms with Crippen molar-refractivity contribution in [3.05, 3.63) is 159 Å². The minimum Gasteiger partial charge on any atom is -0.392 e. The molecule has 2 aliphatic rings. The number of benzene rings is 4. The van der Waals surface area contributed by atoms with E-state index in [1.54, 1.807) is 36.4 Å². The van der Waals surface area contributed by atoms with Crippen molar-refractivity contribution >= 4 is 46.4 Å². The molecule has 0 aliphatic carbocycles. The summed E-state index contributed by atoms with van der Waals surface area (Å²) in [6, 6.07) is 19.0. The minimum atomic E-state index is -0.765. The first kappa shape index (κ1) is 34.6. The summed E-state index contributed by atoms with van der Waals surface area (Å²) in [5.41, 5.74) is -0.0608. The van der Waals surface area contributed by atoms with Gasteiger partial charge in [-0.15, -0.1) is 0 Å². The fraction of sp³-hybridized carbons (Fsp3) is 0.0667. The summed E-state index contributed by atoms with van der Waals surface area (Å²) in [4.78, 5) is 86.9. The highest BCUT2D eigenvalue weighted by Gasteiger charge is 2.35. The van der Waals surface area contributed by atoms with E-state index in [0.717, 1.165) is 41.3 Å². The van der Waals surface area contributed by atoms with Crippen molar-refractivity contribution in [2.75, 3.05) is 0 Å². The van der Waals surface area contributed by atoms with Gasteiger partial charge >= 0.3 is 0 Å². The van der Waals surface area contributed by atoms with Crippen LogP contribution in [-0.4, -0.2) is 53.3 Å². The average Bonchev–Trinajstić information content (AvgIpc) is 3.51. The van der Waals surface area contributed by atoms with Gasteiger partial charge in [-0.1, -0.05) is 24.3 Å². The Morgan fingerprint density at radius 1 is 0.531 bits per heavy atom. The van der Waals surface area contributed by atoms with Crippen molar-refractivity contribution < 1.29 is 44.0 Å². The summed E-state index contributed by atoms with van der Waals surface area (Å²) in [6.45, 7) is -0.753. The van der Waals surface area contributed by atoms with Crippen LogP contribution in [0.25, 0.3) is 0 Å². The lowest BCUT2D eigenvalue weighted by Gasteiger charge is -2.13. The molecule has 4 amide bonds. The number of nitro groups is 4. The molecule has 0 atom stereocenters. The second-order valence-electron chi connectivity index (χ2n) is 9.97. The molecule has 2 heterocycles. The van der Waals surface area contributed by atoms with E-state index in [1.807, 2.05) is 0 Å². The van der Waals surface area contributed by atoms with Crippen molar-refractivity contribution in [2.24, 2.45) is 0 Å². The number of carbonyl (C=O) groups excluding carboxylic acids is 4. The predicted molar refractivity (Wildman–Crippen MR) is 164 cm³/mol. The van der Waals surface area contributed by atoms with Crippen LogP contribution in [0, 0.1) is 40.5 Å². The summed E-state index contributed by atoms with van der Waals surface area (Å²) < 4.78 is 0. The number of rotatable bonds is 7. The first-order valence-electron chi connectivity index (χ1n) is 13.6. The molecule has 19 heteroatoms. The van der Waals surface area contributed by atoms with Crippen molar-refractivity contribution in [3.8, 4) is 0 Å². The topological polar surface area (TPSA) is 276 Å². The molecule has 0 radical (unpaired) electrons. The number of amides is 4. The molecule has 0 saturated carbocycles. The number of aliphatic hydroxyl groups excluding tert-OH is 1. The summed E-state index contributed by atoms with van der Waals surface area (Å²) in [7, 11) is 0. The first-order chi connectivity index (χ1) is 23.2. The van der Waals surface area contributed by atoms with Crippen LogP contribution < -0.4 is 5.32 Å². The van der Waals surface area contributed by atoms with Crippen LogP contribution in [0.15, 0.2) is 84.9 Å². The van der Waals surface area contributed by atoms with E-state index in [4.69, 9.17) is 5.11 Å². The van der Waals surface area contributed by atoms with Gasteiger partial charge in [0.2, 0.25) is 0 Å². The van der Waals surface area contributed by atoms with Gasteiger partial charge in [-0.3, -0.25) is 69.9 Å². The highest BCUT2D eigenvalue weighted by atomic mass is 16.6. The second kappa shape index (κ2) is 14.4. The van der Waals surface area contributed by atoms with E-state index in [0.29, 0.717) is 11.1 Å². The Labute approximate surface area is 272 Å². The summed E-state index contributed by atoms with van der Waals surface area (Å²) in [5.74, 6) is -1.68. The van der Waals surface area contributed by atoms with Gasteiger partial charge < -0.3 is 5.11 Å². The summed E-state index contributed by atoms with van der Waals surface area (Å²) >= 11 is 0. The van der Waals surface area contributed by atoms with E-state index in [-0.39, 0.29) is 40.6 Å². The fourth-order valence-electron chi connectivity index (χ4n) is 4.60. The van der Waals surface area contributed by atoms with Gasteiger partial charge in [0.05, 0.1) is 67.2 Å². The summed E-state index contributed by atoms with van der Waals surface area (Å²) in [5, 5.41) is 53.4. The van der Waals surface area contributed by atoms with Gasteiger partial charge in [-0.25, -0.2) is 0 Å². The van der Waals surface area contributed by atoms with Gasteiger partial charge in [-0.05, 0) is 35.4 Å². The number of aliphatic hydroxyl groups is 1. The number of hydrogen-bond donors (Lipinski definition) is 2. The van der Waals surface area contributed by atoms with Crippen LogP contribution in [-0.2, 0) is 13.2 Å². The van der Waals surface area contributed by atoms with Crippen molar-refractivity contribution in [1.82, 2.24) is 10.2 Å². The zero-order chi connectivity index (χ0) is 36.0. The normalized spacial score (nSPS) is 12.5. The molecule has 49 heavy (non-hydrogen) atoms. The molecule has 0 aromatic heterocycles. The number of fused-ring (bicyclic) bond motifs is 2. The first-order valence-corrected chi connectivity index (χ1v) is 13.6. The SMILES string of the molecule is O=C1NC(=O)c2ccccc21.O=C1c2ccccc2C(=O)N1Cc1cc([N+](=O)[O-])cc([N+](=O)[O-])c1.O=[N+]([O-])c1cc(CO)cc([N+](=O)[O-])c1. The van der Waals surface area contributed by atoms with Gasteiger partial charge in [0, 0.05) is 24.3 Å². The predicted octanol–water partition coefficient (Wildman–Crippen LogP) is 3.86. The van der Waals surface area contributed by atoms with Gasteiger partial charge in [0.25, 0.3) is 46.4 Å². The average molecular weight is 673 g/mol. The van der Waals surface area contributed by atoms with Crippen LogP contribution in [0.3, 0.4) is 0 Å². The fourth-order valence-corrected chi connectivity index (χ4v) is 4.60. The lowest BCUT2D eigenvalue weighted by Crippen LogP contribution is -2.29. The molecule has 0 saturated heterocycles. The van der Waals surface area contributed by atoms with E-state index >= 15 is 0 Å². The third-order valence-corrected chi connectivity index (χ3v) is 6.81. The molecular formula is C30H20N6O13. The number of hydrogen-bond acceptors (Lipinski definition) is 13. The monoisotopic (exact) mass is 672 g/mol. The van der Waals surface area contributed by atoms with Crippen molar-refractivity contribution in [3.63, 3.8) is 0 Å². The molecule has 6 rings (SSSR count). The van der Waals surface area contributed by atoms with E-state index in [1.165, 1.54) is 12.1 Å². The smallest absolute Gasteiger partial charge is 0.276 e. The molecule has 4 aromatic rings. The van der Waals surface area contributed by atoms with Crippen LogP contribution in [0.5, 0.6) is 0 Å². The van der Waals surface area contributed by atoms with Gasteiger partial charge in [0.1, 0.15) is 0 Å². The Hall–Kier alpha value is -7.28. The number of carbonyl (C=O) groups is 4. The molecule has 248 valence electrons. The Morgan fingerprint density at radius 3 is 1.18 bits per heavy atom. The third-order valence-electron chi connectivity index (χ3n) is 6.81. The molecule has 19 nitrogen and oxygen atoms in total. The quantitative estimate of drug-likeness (QED) is 0.160. The molecule has 0 bridgehead atoms. The highest BCUT2D eigenvalue weighted by Crippen LogP contribution is 2.28. The number of nitrogens with one attached hydrogen (secondary N) is 1. The number of nitrogens with zero attached hydrogens (tertiary/aromatic N) is 5. The van der Waals surface area contributed by atoms with Crippen molar-refractivity contribution in [2.45, 2.75) is 13.2 Å². The van der Waals surface area contributed by atoms with E-state index in [2.05, 4.69) is 5.32 Å². The maximum absolute atomic E-state index is 12.3. The van der Waals surface area contributed by atoms with Crippen LogP contribution >= 0.6 is 0 Å². The Balaban J connectivity index is 0.000000183. The Bertz CT molecular complexity index is 1950. The van der Waals surface area contributed by atoms with E-state index in [9.17, 15) is 59.6 Å². The number of imide groups is 2. The lowest BCUT2D eigenvalue weighted by atomic mass is 10.1. The summed E-state index contributed by atoms with van der Waals surface area (Å²) in [6.07, 6.45) is 0. The third kappa shape index (κ3) is 7.76. The molecule has 2 N–H and O–H groups in total. The molecule has 0 fully saturated rings. The maximum Gasteiger partial charge on any atom is 0.276 e. The van der Waals surface area contributed by atoms with Crippen molar-refractivity contribution in [1.29, 1.82) is 0 Å². The standard InChI is InChI=1S/C15H9N3O6.C8H5NO2.C7H6N2O5/c19-14-12-3-1-2-4-13(12)15(20)16(14)8-9-5-10(17(21)22)7-11(6-9)18(23)24;10-7-5-3-1-2-4-6(5)8(11)9-7;10-4-5-1-6(8(11)12)3-7(2-5)9(13)14/h1-7H,8H2;1-4H,(H,9,10,11);1-3,10H,4H2. The van der Waals surface area contributed by atoms with Gasteiger partial charge in [-0.2, -0.15) is 0 Å². The minimum absolute atomic E-state index is 0.130.